The number of hydrogen-bond acceptors (Lipinski definition) is 3. The first-order valence-corrected chi connectivity index (χ1v) is 6.59. The molecular weight excluding hydrogens is 275 g/mol. The van der Waals surface area contributed by atoms with Gasteiger partial charge in [0.05, 0.1) is 13.1 Å². The van der Waals surface area contributed by atoms with E-state index in [0.29, 0.717) is 6.04 Å². The van der Waals surface area contributed by atoms with Crippen LogP contribution in [-0.2, 0) is 9.59 Å². The standard InChI is InChI=1S/C12H20F3N3O2/c1-18(7-10(19)17-8-12(13,14)15)11(20)6-16-9-4-2-3-5-9/h9,16H,2-8H2,1H3,(H,17,19). The van der Waals surface area contributed by atoms with Crippen LogP contribution in [0.15, 0.2) is 0 Å². The molecule has 1 aliphatic rings. The monoisotopic (exact) mass is 295 g/mol. The molecule has 0 atom stereocenters. The first kappa shape index (κ1) is 16.7. The van der Waals surface area contributed by atoms with Crippen LogP contribution in [0.5, 0.6) is 0 Å². The predicted octanol–water partition coefficient (Wildman–Crippen LogP) is 0.655. The van der Waals surface area contributed by atoms with Gasteiger partial charge >= 0.3 is 6.18 Å². The van der Waals surface area contributed by atoms with Gasteiger partial charge in [-0.1, -0.05) is 12.8 Å². The molecule has 2 N–H and O–H groups in total. The molecule has 1 saturated carbocycles. The molecule has 0 spiro atoms. The summed E-state index contributed by atoms with van der Waals surface area (Å²) in [5.41, 5.74) is 0. The molecular formula is C12H20F3N3O2. The molecule has 0 heterocycles. The molecule has 0 aromatic carbocycles. The second-order valence-corrected chi connectivity index (χ2v) is 5.00. The maximum absolute atomic E-state index is 11.9. The van der Waals surface area contributed by atoms with Gasteiger partial charge in [0.1, 0.15) is 6.54 Å². The summed E-state index contributed by atoms with van der Waals surface area (Å²) in [6, 6.07) is 0.325. The van der Waals surface area contributed by atoms with Crippen molar-refractivity contribution in [2.24, 2.45) is 0 Å². The fourth-order valence-electron chi connectivity index (χ4n) is 2.05. The number of likely N-dealkylation sites (N-methyl/N-ethyl adjacent to an activating group) is 1. The van der Waals surface area contributed by atoms with Crippen LogP contribution in [0.2, 0.25) is 0 Å². The Bertz CT molecular complexity index is 341. The van der Waals surface area contributed by atoms with E-state index in [1.54, 1.807) is 5.32 Å². The number of hydrogen-bond donors (Lipinski definition) is 2. The fraction of sp³-hybridized carbons (Fsp3) is 0.833. The van der Waals surface area contributed by atoms with Crippen molar-refractivity contribution in [1.82, 2.24) is 15.5 Å². The van der Waals surface area contributed by atoms with Crippen LogP contribution in [0.25, 0.3) is 0 Å². The average molecular weight is 295 g/mol. The van der Waals surface area contributed by atoms with Gasteiger partial charge in [-0.2, -0.15) is 13.2 Å². The van der Waals surface area contributed by atoms with E-state index >= 15 is 0 Å². The molecule has 0 saturated heterocycles. The first-order valence-electron chi connectivity index (χ1n) is 6.59. The number of rotatable bonds is 6. The molecule has 5 nitrogen and oxygen atoms in total. The third-order valence-electron chi connectivity index (χ3n) is 3.19. The summed E-state index contributed by atoms with van der Waals surface area (Å²) in [7, 11) is 1.39. The Hall–Kier alpha value is -1.31. The van der Waals surface area contributed by atoms with Crippen LogP contribution >= 0.6 is 0 Å². The van der Waals surface area contributed by atoms with E-state index in [1.807, 2.05) is 0 Å². The SMILES string of the molecule is CN(CC(=O)NCC(F)(F)F)C(=O)CNC1CCCC1. The van der Waals surface area contributed by atoms with Crippen molar-refractivity contribution in [2.75, 3.05) is 26.7 Å². The number of nitrogens with one attached hydrogen (secondary N) is 2. The molecule has 2 amide bonds. The molecule has 116 valence electrons. The highest BCUT2D eigenvalue weighted by atomic mass is 19.4. The van der Waals surface area contributed by atoms with Gasteiger partial charge in [-0.05, 0) is 12.8 Å². The highest BCUT2D eigenvalue weighted by Gasteiger charge is 2.28. The Morgan fingerprint density at radius 3 is 2.40 bits per heavy atom. The van der Waals surface area contributed by atoms with E-state index in [9.17, 15) is 22.8 Å². The van der Waals surface area contributed by atoms with Crippen LogP contribution in [0.4, 0.5) is 13.2 Å². The number of carbonyl (C=O) groups is 2. The van der Waals surface area contributed by atoms with Crippen LogP contribution in [0.3, 0.4) is 0 Å². The zero-order chi connectivity index (χ0) is 15.2. The van der Waals surface area contributed by atoms with Crippen LogP contribution < -0.4 is 10.6 Å². The Kier molecular flexibility index (Phi) is 6.25. The van der Waals surface area contributed by atoms with Crippen molar-refractivity contribution in [3.8, 4) is 0 Å². The van der Waals surface area contributed by atoms with Crippen molar-refractivity contribution in [3.05, 3.63) is 0 Å². The van der Waals surface area contributed by atoms with Crippen molar-refractivity contribution in [2.45, 2.75) is 37.9 Å². The number of halogens is 3. The molecule has 0 radical (unpaired) electrons. The van der Waals surface area contributed by atoms with Gasteiger partial charge < -0.3 is 15.5 Å². The minimum atomic E-state index is -4.44. The molecule has 0 aromatic rings. The zero-order valence-corrected chi connectivity index (χ0v) is 11.4. The molecule has 8 heteroatoms. The van der Waals surface area contributed by atoms with Gasteiger partial charge in [-0.15, -0.1) is 0 Å². The average Bonchev–Trinajstić information content (AvgIpc) is 2.85. The molecule has 1 fully saturated rings. The zero-order valence-electron chi connectivity index (χ0n) is 11.4. The summed E-state index contributed by atoms with van der Waals surface area (Å²) in [4.78, 5) is 24.1. The summed E-state index contributed by atoms with van der Waals surface area (Å²) in [5, 5.41) is 4.82. The van der Waals surface area contributed by atoms with E-state index in [-0.39, 0.29) is 19.0 Å². The summed E-state index contributed by atoms with van der Waals surface area (Å²) in [6.45, 7) is -1.65. The maximum atomic E-state index is 11.9. The molecule has 0 aliphatic heterocycles. The van der Waals surface area contributed by atoms with Crippen molar-refractivity contribution >= 4 is 11.8 Å². The molecule has 1 rings (SSSR count). The lowest BCUT2D eigenvalue weighted by Crippen LogP contribution is -2.45. The highest BCUT2D eigenvalue weighted by molar-refractivity contribution is 5.85. The Labute approximate surface area is 115 Å². The minimum absolute atomic E-state index is 0.105. The largest absolute Gasteiger partial charge is 0.405 e. The molecule has 0 unspecified atom stereocenters. The first-order chi connectivity index (χ1) is 9.28. The maximum Gasteiger partial charge on any atom is 0.405 e. The van der Waals surface area contributed by atoms with Crippen LogP contribution in [0.1, 0.15) is 25.7 Å². The number of nitrogens with zero attached hydrogens (tertiary/aromatic N) is 1. The third-order valence-corrected chi connectivity index (χ3v) is 3.19. The topological polar surface area (TPSA) is 61.4 Å². The second kappa shape index (κ2) is 7.47. The fourth-order valence-corrected chi connectivity index (χ4v) is 2.05. The van der Waals surface area contributed by atoms with Gasteiger partial charge in [0.25, 0.3) is 0 Å². The molecule has 20 heavy (non-hydrogen) atoms. The smallest absolute Gasteiger partial charge is 0.345 e. The minimum Gasteiger partial charge on any atom is -0.345 e. The lowest BCUT2D eigenvalue weighted by atomic mass is 10.2. The van der Waals surface area contributed by atoms with Gasteiger partial charge in [-0.3, -0.25) is 9.59 Å². The van der Waals surface area contributed by atoms with Crippen LogP contribution in [0, 0.1) is 0 Å². The van der Waals surface area contributed by atoms with E-state index in [1.165, 1.54) is 7.05 Å². The summed E-state index contributed by atoms with van der Waals surface area (Å²) in [5.74, 6) is -1.13. The van der Waals surface area contributed by atoms with Crippen molar-refractivity contribution in [1.29, 1.82) is 0 Å². The third kappa shape index (κ3) is 6.74. The Balaban J connectivity index is 2.21. The molecule has 1 aliphatic carbocycles. The van der Waals surface area contributed by atoms with Gasteiger partial charge in [0.15, 0.2) is 0 Å². The predicted molar refractivity (Wildman–Crippen MR) is 67.0 cm³/mol. The van der Waals surface area contributed by atoms with Gasteiger partial charge in [0, 0.05) is 13.1 Å². The summed E-state index contributed by atoms with van der Waals surface area (Å²) in [6.07, 6.45) is -0.0997. The normalized spacial score (nSPS) is 16.2. The lowest BCUT2D eigenvalue weighted by molar-refractivity contribution is -0.141. The highest BCUT2D eigenvalue weighted by Crippen LogP contribution is 2.17. The lowest BCUT2D eigenvalue weighted by Gasteiger charge is -2.19. The quantitative estimate of drug-likeness (QED) is 0.756. The van der Waals surface area contributed by atoms with E-state index in [4.69, 9.17) is 0 Å². The Morgan fingerprint density at radius 2 is 1.85 bits per heavy atom. The Morgan fingerprint density at radius 1 is 1.25 bits per heavy atom. The molecule has 0 bridgehead atoms. The number of carbonyl (C=O) groups excluding carboxylic acids is 2. The van der Waals surface area contributed by atoms with Gasteiger partial charge in [-0.25, -0.2) is 0 Å². The van der Waals surface area contributed by atoms with E-state index < -0.39 is 18.6 Å². The number of amides is 2. The van der Waals surface area contributed by atoms with E-state index in [2.05, 4.69) is 5.32 Å². The van der Waals surface area contributed by atoms with Crippen molar-refractivity contribution in [3.63, 3.8) is 0 Å². The molecule has 0 aromatic heterocycles. The summed E-state index contributed by atoms with van der Waals surface area (Å²) >= 11 is 0. The van der Waals surface area contributed by atoms with Crippen LogP contribution in [-0.4, -0.2) is 55.6 Å². The van der Waals surface area contributed by atoms with E-state index in [0.717, 1.165) is 30.6 Å². The number of alkyl halides is 3. The second-order valence-electron chi connectivity index (χ2n) is 5.00. The summed E-state index contributed by atoms with van der Waals surface area (Å²) < 4.78 is 35.7. The van der Waals surface area contributed by atoms with Crippen molar-refractivity contribution < 1.29 is 22.8 Å². The van der Waals surface area contributed by atoms with Gasteiger partial charge in [0.2, 0.25) is 11.8 Å².